The van der Waals surface area contributed by atoms with Crippen LogP contribution < -0.4 is 14.8 Å². The molecular weight excluding hydrogens is 412 g/mol. The number of hydrogen-bond donors (Lipinski definition) is 1. The van der Waals surface area contributed by atoms with E-state index in [0.29, 0.717) is 24.5 Å². The number of amides is 1. The fraction of sp³-hybridized carbons (Fsp3) is 0.464. The molecule has 2 aromatic carbocycles. The van der Waals surface area contributed by atoms with Crippen LogP contribution in [0.1, 0.15) is 62.3 Å². The molecule has 0 aromatic heterocycles. The Morgan fingerprint density at radius 1 is 0.939 bits per heavy atom. The van der Waals surface area contributed by atoms with Gasteiger partial charge in [0.25, 0.3) is 0 Å². The Balaban J connectivity index is 2.16. The van der Waals surface area contributed by atoms with Gasteiger partial charge in [0.1, 0.15) is 11.5 Å². The van der Waals surface area contributed by atoms with E-state index in [1.807, 2.05) is 37.3 Å². The molecule has 0 bridgehead atoms. The van der Waals surface area contributed by atoms with Crippen LogP contribution in [0.15, 0.2) is 30.3 Å². The van der Waals surface area contributed by atoms with Gasteiger partial charge in [-0.25, -0.2) is 0 Å². The second kappa shape index (κ2) is 13.7. The highest BCUT2D eigenvalue weighted by Gasteiger charge is 2.11. The number of nitrogens with one attached hydrogen (secondary N) is 1. The highest BCUT2D eigenvalue weighted by Crippen LogP contribution is 2.28. The fourth-order valence-electron chi connectivity index (χ4n) is 3.83. The molecule has 33 heavy (non-hydrogen) atoms. The molecule has 0 radical (unpaired) electrons. The zero-order valence-electron chi connectivity index (χ0n) is 21.2. The molecule has 2 rings (SSSR count). The summed E-state index contributed by atoms with van der Waals surface area (Å²) in [6.07, 6.45) is 6.75. The van der Waals surface area contributed by atoms with Crippen molar-refractivity contribution in [1.82, 2.24) is 4.90 Å². The number of nitrogens with zero attached hydrogens (tertiary/aromatic N) is 1. The predicted molar refractivity (Wildman–Crippen MR) is 139 cm³/mol. The van der Waals surface area contributed by atoms with E-state index < -0.39 is 0 Å². The lowest BCUT2D eigenvalue weighted by Gasteiger charge is -2.20. The minimum atomic E-state index is 0.00758. The van der Waals surface area contributed by atoms with Gasteiger partial charge >= 0.3 is 0 Å². The summed E-state index contributed by atoms with van der Waals surface area (Å²) in [5.41, 5.74) is 5.11. The van der Waals surface area contributed by atoms with Crippen molar-refractivity contribution in [3.63, 3.8) is 0 Å². The molecule has 0 heterocycles. The standard InChI is InChI=1S/C28H40N2O3/c1-7-15-30(16-8-2)17-14-28(31)29-25-19-23(12-13-26(25)33-9-3)10-11-24-18-21(4)22(5)27(20-24)32-6/h10-13,18-20H,7-9,14-17H2,1-6H3,(H,29,31)/b11-10-. The van der Waals surface area contributed by atoms with Crippen molar-refractivity contribution in [2.24, 2.45) is 0 Å². The molecule has 0 atom stereocenters. The zero-order chi connectivity index (χ0) is 24.2. The van der Waals surface area contributed by atoms with E-state index in [0.717, 1.165) is 54.9 Å². The van der Waals surface area contributed by atoms with Crippen LogP contribution in [0.5, 0.6) is 11.5 Å². The molecule has 0 aliphatic heterocycles. The number of carbonyl (C=O) groups is 1. The third-order valence-corrected chi connectivity index (χ3v) is 5.64. The third-order valence-electron chi connectivity index (χ3n) is 5.64. The summed E-state index contributed by atoms with van der Waals surface area (Å²) in [5.74, 6) is 1.58. The second-order valence-electron chi connectivity index (χ2n) is 8.33. The first-order valence-corrected chi connectivity index (χ1v) is 12.0. The minimum absolute atomic E-state index is 0.00758. The van der Waals surface area contributed by atoms with Crippen molar-refractivity contribution in [3.05, 3.63) is 52.6 Å². The van der Waals surface area contributed by atoms with Gasteiger partial charge in [-0.1, -0.05) is 38.1 Å². The molecule has 0 aliphatic rings. The molecule has 5 heteroatoms. The minimum Gasteiger partial charge on any atom is -0.496 e. The molecule has 1 N–H and O–H groups in total. The Labute approximate surface area is 199 Å². The van der Waals surface area contributed by atoms with Crippen LogP contribution in [-0.4, -0.2) is 44.2 Å². The Morgan fingerprint density at radius 3 is 2.27 bits per heavy atom. The molecule has 5 nitrogen and oxygen atoms in total. The van der Waals surface area contributed by atoms with Crippen molar-refractivity contribution >= 4 is 23.7 Å². The summed E-state index contributed by atoms with van der Waals surface area (Å²) in [5, 5.41) is 3.06. The van der Waals surface area contributed by atoms with Crippen LogP contribution in [-0.2, 0) is 4.79 Å². The third kappa shape index (κ3) is 8.25. The van der Waals surface area contributed by atoms with Crippen LogP contribution in [0.4, 0.5) is 5.69 Å². The van der Waals surface area contributed by atoms with Gasteiger partial charge in [-0.2, -0.15) is 0 Å². The molecule has 0 aliphatic carbocycles. The molecule has 1 amide bonds. The summed E-state index contributed by atoms with van der Waals surface area (Å²) in [6.45, 7) is 13.8. The second-order valence-corrected chi connectivity index (χ2v) is 8.33. The molecule has 0 saturated carbocycles. The van der Waals surface area contributed by atoms with Gasteiger partial charge in [0.05, 0.1) is 19.4 Å². The van der Waals surface area contributed by atoms with Crippen molar-refractivity contribution in [3.8, 4) is 11.5 Å². The van der Waals surface area contributed by atoms with E-state index in [1.165, 1.54) is 5.56 Å². The molecule has 0 fully saturated rings. The monoisotopic (exact) mass is 452 g/mol. The molecule has 0 saturated heterocycles. The number of aryl methyl sites for hydroxylation is 1. The van der Waals surface area contributed by atoms with Crippen LogP contribution in [0.25, 0.3) is 12.2 Å². The van der Waals surface area contributed by atoms with E-state index in [-0.39, 0.29) is 5.91 Å². The van der Waals surface area contributed by atoms with Gasteiger partial charge in [-0.15, -0.1) is 0 Å². The van der Waals surface area contributed by atoms with Gasteiger partial charge in [0.15, 0.2) is 0 Å². The average Bonchev–Trinajstić information content (AvgIpc) is 2.80. The number of carbonyl (C=O) groups excluding carboxylic acids is 1. The van der Waals surface area contributed by atoms with E-state index in [9.17, 15) is 4.79 Å². The largest absolute Gasteiger partial charge is 0.496 e. The highest BCUT2D eigenvalue weighted by molar-refractivity contribution is 5.93. The lowest BCUT2D eigenvalue weighted by Crippen LogP contribution is -2.29. The van der Waals surface area contributed by atoms with E-state index in [4.69, 9.17) is 9.47 Å². The normalized spacial score (nSPS) is 11.2. The smallest absolute Gasteiger partial charge is 0.225 e. The number of methoxy groups -OCH3 is 1. The lowest BCUT2D eigenvalue weighted by molar-refractivity contribution is -0.116. The van der Waals surface area contributed by atoms with Gasteiger partial charge in [0.2, 0.25) is 5.91 Å². The summed E-state index contributed by atoms with van der Waals surface area (Å²) >= 11 is 0. The Bertz CT molecular complexity index is 931. The number of benzene rings is 2. The summed E-state index contributed by atoms with van der Waals surface area (Å²) in [7, 11) is 1.69. The first-order chi connectivity index (χ1) is 15.9. The van der Waals surface area contributed by atoms with Gasteiger partial charge < -0.3 is 19.7 Å². The van der Waals surface area contributed by atoms with Crippen LogP contribution in [0.3, 0.4) is 0 Å². The van der Waals surface area contributed by atoms with Gasteiger partial charge in [-0.3, -0.25) is 4.79 Å². The Morgan fingerprint density at radius 2 is 1.64 bits per heavy atom. The lowest BCUT2D eigenvalue weighted by atomic mass is 10.0. The van der Waals surface area contributed by atoms with Crippen LogP contribution >= 0.6 is 0 Å². The summed E-state index contributed by atoms with van der Waals surface area (Å²) in [4.78, 5) is 15.0. The molecule has 0 unspecified atom stereocenters. The maximum Gasteiger partial charge on any atom is 0.225 e. The van der Waals surface area contributed by atoms with E-state index in [1.54, 1.807) is 7.11 Å². The Hall–Kier alpha value is -2.79. The maximum atomic E-state index is 12.7. The SMILES string of the molecule is CCCN(CCC)CCC(=O)Nc1cc(/C=C\c2cc(C)c(C)c(OC)c2)ccc1OCC. The van der Waals surface area contributed by atoms with Crippen molar-refractivity contribution in [2.75, 3.05) is 38.7 Å². The molecular formula is C28H40N2O3. The first-order valence-electron chi connectivity index (χ1n) is 12.0. The highest BCUT2D eigenvalue weighted by atomic mass is 16.5. The zero-order valence-corrected chi connectivity index (χ0v) is 21.2. The summed E-state index contributed by atoms with van der Waals surface area (Å²) < 4.78 is 11.2. The number of anilines is 1. The summed E-state index contributed by atoms with van der Waals surface area (Å²) in [6, 6.07) is 10.1. The predicted octanol–water partition coefficient (Wildman–Crippen LogP) is 6.33. The number of ether oxygens (including phenoxy) is 2. The van der Waals surface area contributed by atoms with Crippen LogP contribution in [0, 0.1) is 13.8 Å². The topological polar surface area (TPSA) is 50.8 Å². The number of hydrogen-bond acceptors (Lipinski definition) is 4. The molecule has 0 spiro atoms. The Kier molecular flexibility index (Phi) is 11.0. The van der Waals surface area contributed by atoms with Crippen molar-refractivity contribution in [2.45, 2.75) is 53.9 Å². The van der Waals surface area contributed by atoms with E-state index >= 15 is 0 Å². The van der Waals surface area contributed by atoms with Crippen molar-refractivity contribution < 1.29 is 14.3 Å². The fourth-order valence-corrected chi connectivity index (χ4v) is 3.83. The van der Waals surface area contributed by atoms with Crippen LogP contribution in [0.2, 0.25) is 0 Å². The van der Waals surface area contributed by atoms with Gasteiger partial charge in [0, 0.05) is 13.0 Å². The number of rotatable bonds is 13. The molecule has 180 valence electrons. The van der Waals surface area contributed by atoms with E-state index in [2.05, 4.69) is 50.1 Å². The van der Waals surface area contributed by atoms with Crippen molar-refractivity contribution in [1.29, 1.82) is 0 Å². The van der Waals surface area contributed by atoms with Gasteiger partial charge in [-0.05, 0) is 87.2 Å². The maximum absolute atomic E-state index is 12.7. The first kappa shape index (κ1) is 26.5. The quantitative estimate of drug-likeness (QED) is 0.361. The molecule has 2 aromatic rings. The average molecular weight is 453 g/mol.